The first-order valence-electron chi connectivity index (χ1n) is 7.82. The van der Waals surface area contributed by atoms with Gasteiger partial charge in [-0.15, -0.1) is 0 Å². The zero-order valence-electron chi connectivity index (χ0n) is 14.8. The minimum absolute atomic E-state index is 0.0685. The van der Waals surface area contributed by atoms with Gasteiger partial charge in [-0.1, -0.05) is 11.6 Å². The molecule has 27 heavy (non-hydrogen) atoms. The number of nitrogens with zero attached hydrogens (tertiary/aromatic N) is 1. The lowest BCUT2D eigenvalue weighted by molar-refractivity contribution is 0.103. The summed E-state index contributed by atoms with van der Waals surface area (Å²) in [4.78, 5) is 17.4. The molecule has 0 radical (unpaired) electrons. The second-order valence-corrected chi connectivity index (χ2v) is 8.18. The van der Waals surface area contributed by atoms with Crippen LogP contribution in [0.1, 0.15) is 15.9 Å². The van der Waals surface area contributed by atoms with E-state index < -0.39 is 9.84 Å². The summed E-state index contributed by atoms with van der Waals surface area (Å²) < 4.78 is 34.0. The zero-order valence-corrected chi connectivity index (χ0v) is 16.4. The zero-order chi connectivity index (χ0) is 19.8. The number of benzene rings is 2. The summed E-state index contributed by atoms with van der Waals surface area (Å²) >= 11 is 6.25. The van der Waals surface area contributed by atoms with E-state index in [0.29, 0.717) is 22.4 Å². The maximum absolute atomic E-state index is 13.2. The van der Waals surface area contributed by atoms with Gasteiger partial charge in [-0.05, 0) is 42.5 Å². The van der Waals surface area contributed by atoms with Crippen LogP contribution in [0.5, 0.6) is 11.5 Å². The van der Waals surface area contributed by atoms with Crippen molar-refractivity contribution in [1.82, 2.24) is 4.98 Å². The molecule has 3 aromatic rings. The third kappa shape index (κ3) is 3.61. The molecular weight excluding hydrogens is 390 g/mol. The lowest BCUT2D eigenvalue weighted by atomic mass is 9.98. The summed E-state index contributed by atoms with van der Waals surface area (Å²) in [5.41, 5.74) is 0.900. The Kier molecular flexibility index (Phi) is 5.08. The molecular formula is C19H16ClNO5S. The molecule has 140 valence electrons. The highest BCUT2D eigenvalue weighted by molar-refractivity contribution is 7.90. The standard InChI is InChI=1S/C19H16ClNO5S/c1-25-11-4-5-12(14(20)10-11)19(22)18-13-6-9-17(27(3,23)24)21-15(13)7-8-16(18)26-2/h4-10H,1-3H3. The van der Waals surface area contributed by atoms with Gasteiger partial charge in [0, 0.05) is 17.2 Å². The number of methoxy groups -OCH3 is 2. The second-order valence-electron chi connectivity index (χ2n) is 5.81. The van der Waals surface area contributed by atoms with Crippen molar-refractivity contribution in [3.05, 3.63) is 58.6 Å². The van der Waals surface area contributed by atoms with Gasteiger partial charge in [0.25, 0.3) is 0 Å². The molecule has 0 saturated heterocycles. The van der Waals surface area contributed by atoms with E-state index in [9.17, 15) is 13.2 Å². The molecule has 2 aromatic carbocycles. The first-order valence-corrected chi connectivity index (χ1v) is 10.1. The predicted molar refractivity (Wildman–Crippen MR) is 103 cm³/mol. The molecule has 0 saturated carbocycles. The van der Waals surface area contributed by atoms with Crippen molar-refractivity contribution in [2.24, 2.45) is 0 Å². The number of sulfone groups is 1. The molecule has 0 aliphatic rings. The fourth-order valence-corrected chi connectivity index (χ4v) is 3.55. The van der Waals surface area contributed by atoms with Gasteiger partial charge in [-0.2, -0.15) is 0 Å². The molecule has 0 bridgehead atoms. The lowest BCUT2D eigenvalue weighted by Gasteiger charge is -2.13. The molecule has 0 aliphatic carbocycles. The SMILES string of the molecule is COc1ccc(C(=O)c2c(OC)ccc3nc(S(C)(=O)=O)ccc23)c(Cl)c1. The topological polar surface area (TPSA) is 82.6 Å². The van der Waals surface area contributed by atoms with Gasteiger partial charge in [0.05, 0.1) is 30.3 Å². The van der Waals surface area contributed by atoms with Crippen LogP contribution in [-0.4, -0.2) is 39.7 Å². The van der Waals surface area contributed by atoms with E-state index in [1.54, 1.807) is 36.4 Å². The summed E-state index contributed by atoms with van der Waals surface area (Å²) in [7, 11) is -0.516. The van der Waals surface area contributed by atoms with E-state index in [2.05, 4.69) is 4.98 Å². The molecule has 0 spiro atoms. The van der Waals surface area contributed by atoms with Gasteiger partial charge in [0.1, 0.15) is 11.5 Å². The van der Waals surface area contributed by atoms with Crippen LogP contribution in [-0.2, 0) is 9.84 Å². The smallest absolute Gasteiger partial charge is 0.198 e. The van der Waals surface area contributed by atoms with Crippen LogP contribution < -0.4 is 9.47 Å². The third-order valence-electron chi connectivity index (χ3n) is 4.06. The van der Waals surface area contributed by atoms with Crippen LogP contribution in [0, 0.1) is 0 Å². The van der Waals surface area contributed by atoms with Gasteiger partial charge in [0.2, 0.25) is 0 Å². The highest BCUT2D eigenvalue weighted by atomic mass is 35.5. The van der Waals surface area contributed by atoms with Crippen molar-refractivity contribution in [2.75, 3.05) is 20.5 Å². The van der Waals surface area contributed by atoms with E-state index in [1.807, 2.05) is 0 Å². The van der Waals surface area contributed by atoms with Crippen LogP contribution in [0.4, 0.5) is 0 Å². The van der Waals surface area contributed by atoms with Crippen molar-refractivity contribution < 1.29 is 22.7 Å². The summed E-state index contributed by atoms with van der Waals surface area (Å²) in [5, 5.41) is 0.638. The van der Waals surface area contributed by atoms with Crippen LogP contribution in [0.3, 0.4) is 0 Å². The molecule has 6 nitrogen and oxygen atoms in total. The van der Waals surface area contributed by atoms with Crippen molar-refractivity contribution in [3.63, 3.8) is 0 Å². The Bertz CT molecular complexity index is 1160. The van der Waals surface area contributed by atoms with Crippen molar-refractivity contribution in [1.29, 1.82) is 0 Å². The highest BCUT2D eigenvalue weighted by Crippen LogP contribution is 2.33. The van der Waals surface area contributed by atoms with Crippen LogP contribution in [0.15, 0.2) is 47.5 Å². The number of hydrogen-bond donors (Lipinski definition) is 0. The summed E-state index contributed by atoms with van der Waals surface area (Å²) in [6, 6.07) is 10.8. The van der Waals surface area contributed by atoms with Crippen molar-refractivity contribution in [2.45, 2.75) is 5.03 Å². The van der Waals surface area contributed by atoms with E-state index in [-0.39, 0.29) is 27.0 Å². The van der Waals surface area contributed by atoms with Gasteiger partial charge in [-0.25, -0.2) is 13.4 Å². The average molecular weight is 406 g/mol. The summed E-state index contributed by atoms with van der Waals surface area (Å²) in [6.07, 6.45) is 1.08. The number of carbonyl (C=O) groups excluding carboxylic acids is 1. The number of rotatable bonds is 5. The molecule has 0 unspecified atom stereocenters. The Hall–Kier alpha value is -2.64. The fourth-order valence-electron chi connectivity index (χ4n) is 2.72. The molecule has 0 aliphatic heterocycles. The Balaban J connectivity index is 2.24. The van der Waals surface area contributed by atoms with E-state index >= 15 is 0 Å². The number of fused-ring (bicyclic) bond motifs is 1. The first kappa shape index (κ1) is 19.1. The Morgan fingerprint density at radius 3 is 2.37 bits per heavy atom. The number of hydrogen-bond acceptors (Lipinski definition) is 6. The van der Waals surface area contributed by atoms with Crippen LogP contribution in [0.25, 0.3) is 10.9 Å². The number of pyridine rings is 1. The maximum Gasteiger partial charge on any atom is 0.198 e. The monoisotopic (exact) mass is 405 g/mol. The summed E-state index contributed by atoms with van der Waals surface area (Å²) in [5.74, 6) is 0.508. The molecule has 0 N–H and O–H groups in total. The van der Waals surface area contributed by atoms with Crippen molar-refractivity contribution >= 4 is 38.1 Å². The molecule has 3 rings (SSSR count). The predicted octanol–water partition coefficient (Wildman–Crippen LogP) is 3.54. The summed E-state index contributed by atoms with van der Waals surface area (Å²) in [6.45, 7) is 0. The van der Waals surface area contributed by atoms with Gasteiger partial charge >= 0.3 is 0 Å². The minimum atomic E-state index is -3.47. The quantitative estimate of drug-likeness (QED) is 0.604. The normalized spacial score (nSPS) is 11.4. The third-order valence-corrected chi connectivity index (χ3v) is 5.36. The minimum Gasteiger partial charge on any atom is -0.497 e. The number of ether oxygens (including phenoxy) is 2. The Labute approximate surface area is 161 Å². The van der Waals surface area contributed by atoms with E-state index in [4.69, 9.17) is 21.1 Å². The Morgan fingerprint density at radius 2 is 1.78 bits per heavy atom. The molecule has 1 aromatic heterocycles. The molecule has 0 fully saturated rings. The van der Waals surface area contributed by atoms with Gasteiger partial charge in [0.15, 0.2) is 20.6 Å². The maximum atomic E-state index is 13.2. The van der Waals surface area contributed by atoms with Gasteiger partial charge < -0.3 is 9.47 Å². The van der Waals surface area contributed by atoms with Crippen molar-refractivity contribution in [3.8, 4) is 11.5 Å². The van der Waals surface area contributed by atoms with Crippen LogP contribution in [0.2, 0.25) is 5.02 Å². The highest BCUT2D eigenvalue weighted by Gasteiger charge is 2.22. The van der Waals surface area contributed by atoms with Gasteiger partial charge in [-0.3, -0.25) is 4.79 Å². The fraction of sp³-hybridized carbons (Fsp3) is 0.158. The molecule has 0 amide bonds. The van der Waals surface area contributed by atoms with E-state index in [1.165, 1.54) is 20.3 Å². The molecule has 0 atom stereocenters. The first-order chi connectivity index (χ1) is 12.8. The molecule has 1 heterocycles. The lowest BCUT2D eigenvalue weighted by Crippen LogP contribution is -2.07. The van der Waals surface area contributed by atoms with E-state index in [0.717, 1.165) is 6.26 Å². The van der Waals surface area contributed by atoms with Crippen LogP contribution >= 0.6 is 11.6 Å². The number of aromatic nitrogens is 1. The Morgan fingerprint density at radius 1 is 1.04 bits per heavy atom. The molecule has 8 heteroatoms. The number of carbonyl (C=O) groups is 1. The number of halogens is 1. The largest absolute Gasteiger partial charge is 0.497 e. The number of ketones is 1. The average Bonchev–Trinajstić information content (AvgIpc) is 2.65. The second kappa shape index (κ2) is 7.17.